The summed E-state index contributed by atoms with van der Waals surface area (Å²) in [5, 5.41) is 33.7. The van der Waals surface area contributed by atoms with Crippen LogP contribution in [0.3, 0.4) is 0 Å². The molecule has 85 heavy (non-hydrogen) atoms. The minimum absolute atomic E-state index is 0.00140. The molecule has 4 aliphatic rings. The van der Waals surface area contributed by atoms with Crippen molar-refractivity contribution < 1.29 is 48.3 Å². The zero-order chi connectivity index (χ0) is 61.5. The molecule has 1 fully saturated rings. The maximum atomic E-state index is 15.2. The van der Waals surface area contributed by atoms with Crippen molar-refractivity contribution in [1.29, 1.82) is 0 Å². The Kier molecular flexibility index (Phi) is 20.3. The van der Waals surface area contributed by atoms with Gasteiger partial charge < -0.3 is 57.4 Å². The molecule has 20 nitrogen and oxygen atoms in total. The molecule has 0 spiro atoms. The Labute approximate surface area is 501 Å². The van der Waals surface area contributed by atoms with Crippen LogP contribution >= 0.6 is 11.8 Å². The summed E-state index contributed by atoms with van der Waals surface area (Å²) in [7, 11) is 3.26. The van der Waals surface area contributed by atoms with E-state index < -0.39 is 88.0 Å². The Morgan fingerprint density at radius 1 is 0.612 bits per heavy atom. The molecule has 4 aromatic rings. The zero-order valence-corrected chi connectivity index (χ0v) is 50.9. The van der Waals surface area contributed by atoms with Crippen molar-refractivity contribution in [2.45, 2.75) is 166 Å². The van der Waals surface area contributed by atoms with Crippen molar-refractivity contribution in [2.24, 2.45) is 5.41 Å². The van der Waals surface area contributed by atoms with E-state index in [9.17, 15) is 43.5 Å². The second-order valence-corrected chi connectivity index (χ2v) is 26.1. The third-order valence-electron chi connectivity index (χ3n) is 17.0. The molecule has 4 aromatic carbocycles. The first kappa shape index (κ1) is 63.4. The molecule has 0 saturated carbocycles. The summed E-state index contributed by atoms with van der Waals surface area (Å²) in [5.41, 5.74) is 5.86. The van der Waals surface area contributed by atoms with Crippen molar-refractivity contribution >= 4 is 70.7 Å². The van der Waals surface area contributed by atoms with Gasteiger partial charge in [0.15, 0.2) is 0 Å². The van der Waals surface area contributed by atoms with Gasteiger partial charge in [0.1, 0.15) is 24.2 Å². The first-order chi connectivity index (χ1) is 40.4. The monoisotopic (exact) mass is 1180 g/mol. The highest BCUT2D eigenvalue weighted by molar-refractivity contribution is 8.01. The number of fused-ring (bicyclic) bond motifs is 3. The van der Waals surface area contributed by atoms with Crippen molar-refractivity contribution in [2.75, 3.05) is 31.7 Å². The molecule has 3 unspecified atom stereocenters. The van der Waals surface area contributed by atoms with Crippen LogP contribution in [0.15, 0.2) is 91.0 Å². The Bertz CT molecular complexity index is 3180. The molecule has 2 aliphatic carbocycles. The maximum Gasteiger partial charge on any atom is 0.313 e. The first-order valence-electron chi connectivity index (χ1n) is 29.4. The van der Waals surface area contributed by atoms with E-state index >= 15 is 4.79 Å². The highest BCUT2D eigenvalue weighted by Gasteiger charge is 2.48. The molecule has 0 radical (unpaired) electrons. The van der Waals surface area contributed by atoms with Crippen LogP contribution in [0.1, 0.15) is 147 Å². The first-order valence-corrected chi connectivity index (χ1v) is 30.4. The summed E-state index contributed by atoms with van der Waals surface area (Å²) >= 11 is 0.999. The van der Waals surface area contributed by atoms with Gasteiger partial charge >= 0.3 is 5.97 Å². The second kappa shape index (κ2) is 27.2. The highest BCUT2D eigenvalue weighted by atomic mass is 32.2. The standard InChI is InChI=1S/C64H82N10O10S/c1-36(65-8)55(77)71-53(63(3,4)5)61(83)74-34-45(32-51(74)60(82)70-49-23-15-19-39-17-11-13-21-47(39)49)68-58(80)41-26-24-40(25-27-41)57(79)67-44-29-28-42-31-50(59(81)69-48-22-14-18-38-16-10-12-20-46(38)48)73(33-43(42)30-44)62(84)54(72-56(78)37(2)66-9)64(6,7)85-35-52(75)76/h10-13,16-17,20-21,24-30,36-37,45,48-51,53-54,65-66H,14-15,18-19,22-23,31-35H2,1-9H3,(H,67,79)(H,68,80)(H,69,81)(H,70,82)(H,71,77)(H,72,78)(H,75,76)/t36-,37-,45-,48+,49+,50-,51?,53?,54?/m0/s1. The number of hydrogen-bond donors (Lipinski definition) is 9. The number of rotatable bonds is 20. The fraction of sp³-hybridized carbons (Fsp3) is 0.484. The van der Waals surface area contributed by atoms with Gasteiger partial charge in [0, 0.05) is 47.1 Å². The van der Waals surface area contributed by atoms with Crippen molar-refractivity contribution in [3.63, 3.8) is 0 Å². The van der Waals surface area contributed by atoms with Gasteiger partial charge in [-0.1, -0.05) is 75.4 Å². The molecule has 9 atom stereocenters. The summed E-state index contributed by atoms with van der Waals surface area (Å²) in [4.78, 5) is 128. The summed E-state index contributed by atoms with van der Waals surface area (Å²) in [5.74, 6) is -5.03. The minimum Gasteiger partial charge on any atom is -0.481 e. The molecule has 2 aliphatic heterocycles. The highest BCUT2D eigenvalue weighted by Crippen LogP contribution is 2.36. The Hall–Kier alpha value is -7.62. The lowest BCUT2D eigenvalue weighted by Crippen LogP contribution is -2.63. The average Bonchev–Trinajstić information content (AvgIpc) is 1.99. The van der Waals surface area contributed by atoms with Gasteiger partial charge in [0.2, 0.25) is 35.4 Å². The summed E-state index contributed by atoms with van der Waals surface area (Å²) in [6.07, 6.45) is 5.19. The molecular weight excluding hydrogens is 1100 g/mol. The van der Waals surface area contributed by atoms with E-state index in [0.29, 0.717) is 17.7 Å². The molecule has 8 amide bonds. The minimum atomic E-state index is -1.26. The number of nitrogens with one attached hydrogen (secondary N) is 8. The van der Waals surface area contributed by atoms with E-state index in [-0.39, 0.29) is 72.6 Å². The number of anilines is 1. The van der Waals surface area contributed by atoms with Crippen LogP contribution in [0.4, 0.5) is 5.69 Å². The lowest BCUT2D eigenvalue weighted by atomic mass is 9.85. The number of carbonyl (C=O) groups is 9. The second-order valence-electron chi connectivity index (χ2n) is 24.5. The molecule has 21 heteroatoms. The molecule has 2 heterocycles. The third kappa shape index (κ3) is 15.1. The van der Waals surface area contributed by atoms with Crippen LogP contribution in [-0.2, 0) is 59.4 Å². The van der Waals surface area contributed by atoms with Crippen LogP contribution in [0.25, 0.3) is 0 Å². The van der Waals surface area contributed by atoms with Gasteiger partial charge in [-0.25, -0.2) is 0 Å². The number of carboxylic acids is 1. The Morgan fingerprint density at radius 3 is 1.67 bits per heavy atom. The van der Waals surface area contributed by atoms with E-state index in [1.54, 1.807) is 53.9 Å². The molecule has 9 N–H and O–H groups in total. The van der Waals surface area contributed by atoms with Gasteiger partial charge in [0.05, 0.1) is 29.9 Å². The number of amides is 8. The fourth-order valence-electron chi connectivity index (χ4n) is 11.8. The van der Waals surface area contributed by atoms with Crippen molar-refractivity contribution in [3.05, 3.63) is 136 Å². The SMILES string of the molecule is CN[C@@H](C)C(=O)NC(C(=O)N1C[C@@H](NC(=O)c2ccc(C(=O)Nc3ccc4c(c3)CN(C(=O)C(NC(=O)[C@H](C)NC)C(C)(C)SCC(=O)O)[C@H](C(=O)N[C@@H]3CCCc5ccccc53)C4)cc2)CC1C(=O)N[C@@H]1CCCc2ccccc21)C(C)(C)C. The number of thioether (sulfide) groups is 1. The maximum absolute atomic E-state index is 15.2. The van der Waals surface area contributed by atoms with Crippen LogP contribution in [0.5, 0.6) is 0 Å². The third-order valence-corrected chi connectivity index (χ3v) is 18.4. The van der Waals surface area contributed by atoms with Crippen molar-refractivity contribution in [1.82, 2.24) is 47.0 Å². The van der Waals surface area contributed by atoms with E-state index in [1.165, 1.54) is 34.1 Å². The molecule has 0 aromatic heterocycles. The van der Waals surface area contributed by atoms with E-state index in [0.717, 1.165) is 71.7 Å². The van der Waals surface area contributed by atoms with Crippen LogP contribution in [-0.4, -0.2) is 142 Å². The predicted octanol–water partition coefficient (Wildman–Crippen LogP) is 5.11. The number of hydrogen-bond acceptors (Lipinski definition) is 12. The van der Waals surface area contributed by atoms with Crippen LogP contribution in [0.2, 0.25) is 0 Å². The van der Waals surface area contributed by atoms with Gasteiger partial charge in [-0.3, -0.25) is 43.2 Å². The molecule has 1 saturated heterocycles. The largest absolute Gasteiger partial charge is 0.481 e. The number of carbonyl (C=O) groups excluding carboxylic acids is 8. The fourth-order valence-corrected chi connectivity index (χ4v) is 12.6. The summed E-state index contributed by atoms with van der Waals surface area (Å²) in [6.45, 7) is 12.2. The number of aryl methyl sites for hydroxylation is 2. The lowest BCUT2D eigenvalue weighted by molar-refractivity contribution is -0.145. The smallest absolute Gasteiger partial charge is 0.313 e. The molecule has 454 valence electrons. The molecule has 0 bridgehead atoms. The van der Waals surface area contributed by atoms with Gasteiger partial charge in [0.25, 0.3) is 11.8 Å². The van der Waals surface area contributed by atoms with E-state index in [1.807, 2.05) is 63.2 Å². The number of likely N-dealkylation sites (tertiary alicyclic amines) is 1. The quantitative estimate of drug-likeness (QED) is 0.0558. The Balaban J connectivity index is 0.990. The van der Waals surface area contributed by atoms with E-state index in [4.69, 9.17) is 0 Å². The van der Waals surface area contributed by atoms with E-state index in [2.05, 4.69) is 54.7 Å². The van der Waals surface area contributed by atoms with Crippen LogP contribution < -0.4 is 42.5 Å². The lowest BCUT2D eigenvalue weighted by Gasteiger charge is -2.42. The van der Waals surface area contributed by atoms with Gasteiger partial charge in [-0.2, -0.15) is 0 Å². The number of aliphatic carboxylic acids is 1. The topological polar surface area (TPSA) is 277 Å². The number of carboxylic acid groups (broad SMARTS) is 1. The van der Waals surface area contributed by atoms with Crippen LogP contribution in [0, 0.1) is 5.41 Å². The zero-order valence-electron chi connectivity index (χ0n) is 50.1. The normalized spacial score (nSPS) is 20.6. The average molecular weight is 1180 g/mol. The molecule has 8 rings (SSSR count). The van der Waals surface area contributed by atoms with Gasteiger partial charge in [-0.05, 0) is 162 Å². The number of benzene rings is 4. The Morgan fingerprint density at radius 2 is 1.13 bits per heavy atom. The van der Waals surface area contributed by atoms with Crippen molar-refractivity contribution in [3.8, 4) is 0 Å². The summed E-state index contributed by atoms with van der Waals surface area (Å²) < 4.78 is -1.15. The predicted molar refractivity (Wildman–Crippen MR) is 325 cm³/mol. The number of likely N-dealkylation sites (N-methyl/N-ethyl adjacent to an activating group) is 2. The van der Waals surface area contributed by atoms with Gasteiger partial charge in [-0.15, -0.1) is 11.8 Å². The number of nitrogens with zero attached hydrogens (tertiary/aromatic N) is 2. The summed E-state index contributed by atoms with van der Waals surface area (Å²) in [6, 6.07) is 20.5. The molecular formula is C64H82N10O10S.